The Kier molecular flexibility index (Phi) is 24.3. The monoisotopic (exact) mass is 1320 g/mol. The van der Waals surface area contributed by atoms with Gasteiger partial charge < -0.3 is 77.8 Å². The number of carbonyl (C=O) groups is 3. The third-order valence-corrected chi connectivity index (χ3v) is 12.2. The Hall–Kier alpha value is -11.5. The van der Waals surface area contributed by atoms with Gasteiger partial charge >= 0.3 is 18.1 Å². The van der Waals surface area contributed by atoms with E-state index in [1.807, 2.05) is 0 Å². The molecule has 0 aliphatic rings. The van der Waals surface area contributed by atoms with Crippen LogP contribution in [-0.4, -0.2) is 88.0 Å². The second-order valence-electron chi connectivity index (χ2n) is 17.3. The minimum Gasteiger partial charge on any atom is -0.438 e. The Morgan fingerprint density at radius 3 is 1.16 bits per heavy atom. The number of ether oxygens (including phenoxy) is 3. The zero-order chi connectivity index (χ0) is 65.4. The molecule has 0 aliphatic carbocycles. The molecule has 468 valence electrons. The first-order valence-corrected chi connectivity index (χ1v) is 26.9. The Balaban J connectivity index is 0.000000194. The van der Waals surface area contributed by atoms with Crippen molar-refractivity contribution in [3.05, 3.63) is 195 Å². The summed E-state index contributed by atoms with van der Waals surface area (Å²) in [6, 6.07) is 26.8. The van der Waals surface area contributed by atoms with E-state index in [0.29, 0.717) is 62.0 Å². The van der Waals surface area contributed by atoms with Crippen LogP contribution >= 0.6 is 46.4 Å². The lowest BCUT2D eigenvalue weighted by molar-refractivity contribution is 0.215. The fourth-order valence-electron chi connectivity index (χ4n) is 6.95. The number of nitrogens with two attached hydrogens (primary N) is 3. The van der Waals surface area contributed by atoms with Crippen molar-refractivity contribution in [3.8, 4) is 34.9 Å². The molecular formula is C57H47Cl4F3N18O9. The van der Waals surface area contributed by atoms with Gasteiger partial charge in [0.1, 0.15) is 109 Å². The molecule has 0 atom stereocenters. The summed E-state index contributed by atoms with van der Waals surface area (Å²) in [5.74, 6) is -0.216. The molecule has 0 aliphatic heterocycles. The molecule has 12 N–H and O–H groups in total. The lowest BCUT2D eigenvalue weighted by Crippen LogP contribution is -2.20. The smallest absolute Gasteiger partial charge is 0.323 e. The zero-order valence-corrected chi connectivity index (χ0v) is 50.1. The summed E-state index contributed by atoms with van der Waals surface area (Å²) >= 11 is 24.6. The molecule has 0 radical (unpaired) electrons. The summed E-state index contributed by atoms with van der Waals surface area (Å²) < 4.78 is 56.7. The van der Waals surface area contributed by atoms with E-state index in [2.05, 4.69) is 91.8 Å². The highest BCUT2D eigenvalue weighted by Gasteiger charge is 2.17. The maximum atomic E-state index is 13.7. The van der Waals surface area contributed by atoms with Gasteiger partial charge in [0.2, 0.25) is 17.6 Å². The number of halogens is 7. The molecule has 3 aromatic heterocycles. The number of carbonyl (C=O) groups excluding carboxylic acids is 3. The van der Waals surface area contributed by atoms with Gasteiger partial charge in [0.25, 0.3) is 0 Å². The van der Waals surface area contributed by atoms with Crippen LogP contribution in [0.25, 0.3) is 0 Å². The van der Waals surface area contributed by atoms with Crippen LogP contribution in [-0.2, 0) is 14.5 Å². The number of hydrogen-bond acceptors (Lipinski definition) is 21. The molecule has 6 aromatic carbocycles. The number of nitrogen functional groups attached to an aromatic ring is 3. The van der Waals surface area contributed by atoms with E-state index in [1.54, 1.807) is 48.5 Å². The average molecular weight is 1330 g/mol. The number of nitrogens with zero attached hydrogens (tertiary/aromatic N) is 9. The van der Waals surface area contributed by atoms with E-state index in [-0.39, 0.29) is 67.3 Å². The third kappa shape index (κ3) is 20.3. The van der Waals surface area contributed by atoms with Crippen LogP contribution in [0.15, 0.2) is 156 Å². The number of hydrogen-bond donors (Lipinski definition) is 9. The van der Waals surface area contributed by atoms with Crippen LogP contribution in [0.4, 0.5) is 79.1 Å². The predicted molar refractivity (Wildman–Crippen MR) is 340 cm³/mol. The topological polar surface area (TPSA) is 371 Å². The summed E-state index contributed by atoms with van der Waals surface area (Å²) in [6.45, 7) is 0. The largest absolute Gasteiger partial charge is 0.438 e. The molecule has 6 amide bonds. The average Bonchev–Trinajstić information content (AvgIpc) is 1.69. The highest BCUT2D eigenvalue weighted by molar-refractivity contribution is 6.35. The molecule has 0 fully saturated rings. The van der Waals surface area contributed by atoms with Gasteiger partial charge in [-0.3, -0.25) is 0 Å². The molecule has 34 heteroatoms. The van der Waals surface area contributed by atoms with Gasteiger partial charge in [-0.25, -0.2) is 57.5 Å². The summed E-state index contributed by atoms with van der Waals surface area (Å²) in [4.78, 5) is 74.0. The standard InChI is InChI=1S/C19H16Cl2N6O3.C19H15ClF2N6O3.C19H16ClFN6O3/c1-29-25-9-14-17(22)23-10-24-18(14)30-13-5-6-16(15(21)8-13)27-19(28)26-12-4-2-3-11(20)7-12;1-30-26-8-12-17(23)24-9-25-18(12)31-11-3-5-15(13(20)7-11)27-19(29)28-16-4-2-10(21)6-14(16)22;1-29-25-9-14-17(22)23-10-24-18(14)30-13-6-7-16(15(20)8-13)27-19(28)26-12-4-2-11(21)3-5-12/h2-10H,1H3,(H2,22,23,24)(H2,26,27,28);2-9H,1H3,(H2,23,24,25)(H2,27,28,29);2-10H,1H3,(H2,22,23,24)(H2,26,27,28)/b25-9+;26-8+;25-9+. The van der Waals surface area contributed by atoms with Crippen molar-refractivity contribution in [1.82, 2.24) is 29.9 Å². The van der Waals surface area contributed by atoms with Crippen LogP contribution in [0.1, 0.15) is 16.7 Å². The number of rotatable bonds is 18. The van der Waals surface area contributed by atoms with E-state index in [9.17, 15) is 27.6 Å². The minimum absolute atomic E-state index is 0.106. The van der Waals surface area contributed by atoms with Gasteiger partial charge in [-0.15, -0.1) is 0 Å². The number of amides is 6. The molecule has 9 aromatic rings. The predicted octanol–water partition coefficient (Wildman–Crippen LogP) is 13.5. The molecule has 0 unspecified atom stereocenters. The van der Waals surface area contributed by atoms with Gasteiger partial charge in [0.15, 0.2) is 0 Å². The Morgan fingerprint density at radius 2 is 0.791 bits per heavy atom. The fraction of sp³-hybridized carbons (Fsp3) is 0.0526. The first kappa shape index (κ1) is 67.0. The molecule has 0 saturated carbocycles. The highest BCUT2D eigenvalue weighted by Crippen LogP contribution is 2.35. The molecule has 3 heterocycles. The summed E-state index contributed by atoms with van der Waals surface area (Å²) in [5, 5.41) is 27.2. The van der Waals surface area contributed by atoms with Crippen LogP contribution in [0.2, 0.25) is 20.1 Å². The molecule has 9 rings (SSSR count). The maximum Gasteiger partial charge on any atom is 0.323 e. The molecule has 0 spiro atoms. The van der Waals surface area contributed by atoms with Gasteiger partial charge in [-0.05, 0) is 91.0 Å². The number of aromatic nitrogens is 6. The van der Waals surface area contributed by atoms with Crippen molar-refractivity contribution in [2.45, 2.75) is 0 Å². The number of benzene rings is 6. The van der Waals surface area contributed by atoms with Crippen molar-refractivity contribution < 1.29 is 56.3 Å². The van der Waals surface area contributed by atoms with Gasteiger partial charge in [-0.2, -0.15) is 0 Å². The maximum absolute atomic E-state index is 13.7. The zero-order valence-electron chi connectivity index (χ0n) is 47.1. The van der Waals surface area contributed by atoms with Crippen molar-refractivity contribution >= 4 is 135 Å². The first-order valence-electron chi connectivity index (χ1n) is 25.4. The van der Waals surface area contributed by atoms with Crippen molar-refractivity contribution in [3.63, 3.8) is 0 Å². The molecule has 0 bridgehead atoms. The van der Waals surface area contributed by atoms with Crippen molar-refractivity contribution in [2.24, 2.45) is 15.5 Å². The van der Waals surface area contributed by atoms with Gasteiger partial charge in [0.05, 0.1) is 56.5 Å². The van der Waals surface area contributed by atoms with Crippen LogP contribution in [0.3, 0.4) is 0 Å². The Bertz CT molecular complexity index is 4150. The first-order chi connectivity index (χ1) is 43.8. The lowest BCUT2D eigenvalue weighted by atomic mass is 10.3. The summed E-state index contributed by atoms with van der Waals surface area (Å²) in [7, 11) is 4.14. The number of nitrogens with one attached hydrogen (secondary N) is 6. The lowest BCUT2D eigenvalue weighted by Gasteiger charge is -2.12. The normalized spacial score (nSPS) is 10.7. The fourth-order valence-corrected chi connectivity index (χ4v) is 7.80. The molecule has 91 heavy (non-hydrogen) atoms. The van der Waals surface area contributed by atoms with Crippen LogP contribution < -0.4 is 63.3 Å². The van der Waals surface area contributed by atoms with E-state index in [4.69, 9.17) is 77.8 Å². The number of urea groups is 3. The second-order valence-corrected chi connectivity index (χ2v) is 19.0. The Labute approximate surface area is 533 Å². The number of oxime groups is 3. The van der Waals surface area contributed by atoms with Gasteiger partial charge in [-0.1, -0.05) is 67.9 Å². The second kappa shape index (κ2) is 33.0. The molecule has 27 nitrogen and oxygen atoms in total. The SMILES string of the molecule is CO/N=C/c1c(N)ncnc1Oc1ccc(NC(=O)Nc2ccc(F)cc2)c(Cl)c1.CO/N=C/c1c(N)ncnc1Oc1ccc(NC(=O)Nc2ccc(F)cc2F)c(Cl)c1.CO/N=C/c1c(N)ncnc1Oc1ccc(NC(=O)Nc2cccc(Cl)c2)c(Cl)c1. The van der Waals surface area contributed by atoms with E-state index in [1.165, 1.54) is 114 Å². The molecule has 0 saturated heterocycles. The quantitative estimate of drug-likeness (QED) is 0.0285. The van der Waals surface area contributed by atoms with Crippen LogP contribution in [0, 0.1) is 17.5 Å². The van der Waals surface area contributed by atoms with E-state index in [0.717, 1.165) is 12.1 Å². The van der Waals surface area contributed by atoms with E-state index >= 15 is 0 Å². The van der Waals surface area contributed by atoms with E-state index < -0.39 is 35.5 Å². The highest BCUT2D eigenvalue weighted by atomic mass is 35.5. The van der Waals surface area contributed by atoms with Crippen molar-refractivity contribution in [1.29, 1.82) is 0 Å². The minimum atomic E-state index is -0.915. The molecular weight excluding hydrogens is 1280 g/mol. The van der Waals surface area contributed by atoms with Crippen LogP contribution in [0.5, 0.6) is 34.9 Å². The Morgan fingerprint density at radius 1 is 0.429 bits per heavy atom. The van der Waals surface area contributed by atoms with Crippen molar-refractivity contribution in [2.75, 3.05) is 70.4 Å². The summed E-state index contributed by atoms with van der Waals surface area (Å²) in [6.07, 6.45) is 7.66. The number of anilines is 9. The van der Waals surface area contributed by atoms with Gasteiger partial charge in [0, 0.05) is 40.7 Å². The third-order valence-electron chi connectivity index (χ3n) is 11.1. The summed E-state index contributed by atoms with van der Waals surface area (Å²) in [5.41, 5.74) is 20.1.